The number of carbonyl (C=O) groups is 1. The summed E-state index contributed by atoms with van der Waals surface area (Å²) in [6.45, 7) is 0.915. The minimum Gasteiger partial charge on any atom is -0.435 e. The molecule has 2 aromatic carbocycles. The van der Waals surface area contributed by atoms with E-state index in [0.717, 1.165) is 0 Å². The minimum absolute atomic E-state index is 0.0664. The number of halogens is 4. The Morgan fingerprint density at radius 3 is 1.39 bits per heavy atom. The van der Waals surface area contributed by atoms with E-state index in [1.807, 2.05) is 0 Å². The molecule has 0 amide bonds. The normalized spacial score (nSPS) is 13.5. The first kappa shape index (κ1) is 21.7. The van der Waals surface area contributed by atoms with Crippen LogP contribution in [0.25, 0.3) is 0 Å². The average Bonchev–Trinajstić information content (AvgIpc) is 2.62. The number of Topliss-reactive ketones (excluding diaryl/α,β-unsaturated/α-hetero) is 1. The van der Waals surface area contributed by atoms with E-state index in [0.29, 0.717) is 22.3 Å². The monoisotopic (exact) mass is 398 g/mol. The maximum Gasteiger partial charge on any atom is 0.387 e. The van der Waals surface area contributed by atoms with Crippen molar-refractivity contribution in [3.05, 3.63) is 58.7 Å². The number of ketones is 1. The minimum atomic E-state index is -2.91. The summed E-state index contributed by atoms with van der Waals surface area (Å²) in [4.78, 5) is 12.9. The van der Waals surface area contributed by atoms with Crippen LogP contribution in [0.15, 0.2) is 36.4 Å². The van der Waals surface area contributed by atoms with Crippen LogP contribution in [-0.2, 0) is 4.79 Å². The highest BCUT2D eigenvalue weighted by molar-refractivity contribution is 5.91. The number of rotatable bonds is 8. The van der Waals surface area contributed by atoms with Gasteiger partial charge in [0.2, 0.25) is 0 Å². The van der Waals surface area contributed by atoms with Gasteiger partial charge in [-0.2, -0.15) is 17.6 Å². The Kier molecular flexibility index (Phi) is 7.05. The SMILES string of the molecule is Cc1cc(C(C)C(=O)C(C)c2ccc(OC(F)F)c(C)c2)ccc1OC(F)F. The second-order valence-corrected chi connectivity index (χ2v) is 6.65. The molecule has 7 heteroatoms. The predicted molar refractivity (Wildman–Crippen MR) is 97.5 cm³/mol. The molecular formula is C21H22F4O3. The number of ether oxygens (including phenoxy) is 2. The maximum absolute atomic E-state index is 12.9. The largest absolute Gasteiger partial charge is 0.435 e. The number of hydrogen-bond acceptors (Lipinski definition) is 3. The van der Waals surface area contributed by atoms with Gasteiger partial charge in [0.25, 0.3) is 0 Å². The molecular weight excluding hydrogens is 376 g/mol. The molecule has 28 heavy (non-hydrogen) atoms. The summed E-state index contributed by atoms with van der Waals surface area (Å²) in [7, 11) is 0. The molecule has 2 unspecified atom stereocenters. The second-order valence-electron chi connectivity index (χ2n) is 6.65. The Morgan fingerprint density at radius 2 is 1.11 bits per heavy atom. The highest BCUT2D eigenvalue weighted by Gasteiger charge is 2.24. The molecule has 152 valence electrons. The fourth-order valence-electron chi connectivity index (χ4n) is 3.04. The summed E-state index contributed by atoms with van der Waals surface area (Å²) >= 11 is 0. The average molecular weight is 398 g/mol. The van der Waals surface area contributed by atoms with Crippen molar-refractivity contribution < 1.29 is 31.8 Å². The fourth-order valence-corrected chi connectivity index (χ4v) is 3.04. The molecule has 2 atom stereocenters. The van der Waals surface area contributed by atoms with Crippen molar-refractivity contribution in [3.63, 3.8) is 0 Å². The first-order chi connectivity index (χ1) is 13.1. The van der Waals surface area contributed by atoms with Gasteiger partial charge in [-0.25, -0.2) is 0 Å². The molecule has 2 aromatic rings. The molecule has 0 heterocycles. The van der Waals surface area contributed by atoms with Crippen molar-refractivity contribution in [2.24, 2.45) is 0 Å². The van der Waals surface area contributed by atoms with Crippen molar-refractivity contribution >= 4 is 5.78 Å². The zero-order valence-electron chi connectivity index (χ0n) is 16.0. The number of alkyl halides is 4. The summed E-state index contributed by atoms with van der Waals surface area (Å²) in [5.41, 5.74) is 2.39. The van der Waals surface area contributed by atoms with Crippen LogP contribution >= 0.6 is 0 Å². The molecule has 2 rings (SSSR count). The van der Waals surface area contributed by atoms with Crippen molar-refractivity contribution in [1.29, 1.82) is 0 Å². The predicted octanol–water partition coefficient (Wildman–Crippen LogP) is 5.98. The molecule has 0 N–H and O–H groups in total. The van der Waals surface area contributed by atoms with Crippen LogP contribution in [0, 0.1) is 13.8 Å². The highest BCUT2D eigenvalue weighted by atomic mass is 19.3. The summed E-state index contributed by atoms with van der Waals surface area (Å²) in [5.74, 6) is -0.907. The molecule has 0 bridgehead atoms. The number of hydrogen-bond donors (Lipinski definition) is 0. The molecule has 0 saturated heterocycles. The van der Waals surface area contributed by atoms with Gasteiger partial charge in [0, 0.05) is 11.8 Å². The summed E-state index contributed by atoms with van der Waals surface area (Å²) < 4.78 is 58.4. The smallest absolute Gasteiger partial charge is 0.387 e. The van der Waals surface area contributed by atoms with Gasteiger partial charge in [0.05, 0.1) is 0 Å². The maximum atomic E-state index is 12.9. The van der Waals surface area contributed by atoms with E-state index in [4.69, 9.17) is 0 Å². The topological polar surface area (TPSA) is 35.5 Å². The van der Waals surface area contributed by atoms with Crippen LogP contribution in [0.5, 0.6) is 11.5 Å². The van der Waals surface area contributed by atoms with Crippen molar-refractivity contribution in [2.45, 2.75) is 52.8 Å². The molecule has 0 aliphatic heterocycles. The molecule has 3 nitrogen and oxygen atoms in total. The lowest BCUT2D eigenvalue weighted by molar-refractivity contribution is -0.121. The number of benzene rings is 2. The lowest BCUT2D eigenvalue weighted by Gasteiger charge is -2.19. The standard InChI is InChI=1S/C21H22F4O3/c1-11-9-15(5-7-17(11)27-20(22)23)13(3)19(26)14(4)16-6-8-18(12(2)10-16)28-21(24)25/h5-10,13-14,20-21H,1-4H3. The van der Waals surface area contributed by atoms with Crippen LogP contribution in [0.1, 0.15) is 47.9 Å². The summed E-state index contributed by atoms with van der Waals surface area (Å²) in [6.07, 6.45) is 0. The van der Waals surface area contributed by atoms with Gasteiger partial charge in [-0.15, -0.1) is 0 Å². The van der Waals surface area contributed by atoms with E-state index in [-0.39, 0.29) is 17.3 Å². The Bertz CT molecular complexity index is 769. The van der Waals surface area contributed by atoms with Crippen LogP contribution in [0.3, 0.4) is 0 Å². The van der Waals surface area contributed by atoms with Gasteiger partial charge in [0.15, 0.2) is 0 Å². The summed E-state index contributed by atoms with van der Waals surface area (Å²) in [5, 5.41) is 0. The van der Waals surface area contributed by atoms with E-state index in [2.05, 4.69) is 9.47 Å². The molecule has 0 aliphatic rings. The fraction of sp³-hybridized carbons (Fsp3) is 0.381. The molecule has 0 aliphatic carbocycles. The Morgan fingerprint density at radius 1 is 0.750 bits per heavy atom. The van der Waals surface area contributed by atoms with E-state index in [1.165, 1.54) is 12.1 Å². The zero-order valence-corrected chi connectivity index (χ0v) is 16.0. The Balaban J connectivity index is 2.18. The quantitative estimate of drug-likeness (QED) is 0.513. The van der Waals surface area contributed by atoms with E-state index in [1.54, 1.807) is 52.0 Å². The lowest BCUT2D eigenvalue weighted by atomic mass is 9.85. The third-order valence-corrected chi connectivity index (χ3v) is 4.68. The Labute approximate surface area is 161 Å². The molecule has 0 saturated carbocycles. The lowest BCUT2D eigenvalue weighted by Crippen LogP contribution is -2.17. The van der Waals surface area contributed by atoms with Crippen LogP contribution in [-0.4, -0.2) is 19.0 Å². The second kappa shape index (κ2) is 9.08. The first-order valence-electron chi connectivity index (χ1n) is 8.74. The molecule has 0 radical (unpaired) electrons. The van der Waals surface area contributed by atoms with Gasteiger partial charge in [-0.1, -0.05) is 38.1 Å². The van der Waals surface area contributed by atoms with Gasteiger partial charge in [-0.05, 0) is 48.2 Å². The molecule has 0 fully saturated rings. The number of carbonyl (C=O) groups excluding carboxylic acids is 1. The third-order valence-electron chi connectivity index (χ3n) is 4.68. The first-order valence-corrected chi connectivity index (χ1v) is 8.74. The van der Waals surface area contributed by atoms with Gasteiger partial charge in [-0.3, -0.25) is 4.79 Å². The van der Waals surface area contributed by atoms with Gasteiger partial charge >= 0.3 is 13.2 Å². The van der Waals surface area contributed by atoms with Crippen molar-refractivity contribution in [2.75, 3.05) is 0 Å². The Hall–Kier alpha value is -2.57. The van der Waals surface area contributed by atoms with Crippen LogP contribution < -0.4 is 9.47 Å². The van der Waals surface area contributed by atoms with Crippen molar-refractivity contribution in [1.82, 2.24) is 0 Å². The van der Waals surface area contributed by atoms with Gasteiger partial charge in [0.1, 0.15) is 17.3 Å². The van der Waals surface area contributed by atoms with E-state index >= 15 is 0 Å². The van der Waals surface area contributed by atoms with Crippen LogP contribution in [0.2, 0.25) is 0 Å². The molecule has 0 aromatic heterocycles. The molecule has 0 spiro atoms. The van der Waals surface area contributed by atoms with E-state index < -0.39 is 25.1 Å². The van der Waals surface area contributed by atoms with Crippen LogP contribution in [0.4, 0.5) is 17.6 Å². The highest BCUT2D eigenvalue weighted by Crippen LogP contribution is 2.31. The summed E-state index contributed by atoms with van der Waals surface area (Å²) in [6, 6.07) is 9.32. The zero-order chi connectivity index (χ0) is 21.0. The number of aryl methyl sites for hydroxylation is 2. The van der Waals surface area contributed by atoms with Gasteiger partial charge < -0.3 is 9.47 Å². The van der Waals surface area contributed by atoms with Crippen molar-refractivity contribution in [3.8, 4) is 11.5 Å². The third kappa shape index (κ3) is 5.24. The van der Waals surface area contributed by atoms with E-state index in [9.17, 15) is 22.4 Å².